The number of allylic oxidation sites excluding steroid dienone is 2. The molecule has 1 atom stereocenters. The van der Waals surface area contributed by atoms with E-state index in [1.54, 1.807) is 0 Å². The van der Waals surface area contributed by atoms with Crippen LogP contribution in [0.15, 0.2) is 41.5 Å². The van der Waals surface area contributed by atoms with Gasteiger partial charge in [0.15, 0.2) is 0 Å². The van der Waals surface area contributed by atoms with E-state index >= 15 is 0 Å². The van der Waals surface area contributed by atoms with Gasteiger partial charge in [0.25, 0.3) is 0 Å². The van der Waals surface area contributed by atoms with Gasteiger partial charge < -0.3 is 14.8 Å². The Bertz CT molecular complexity index is 695. The number of rotatable bonds is 7. The fourth-order valence-corrected chi connectivity index (χ4v) is 3.57. The minimum atomic E-state index is -0.718. The summed E-state index contributed by atoms with van der Waals surface area (Å²) in [4.78, 5) is 0. The average molecular weight is 354 g/mol. The summed E-state index contributed by atoms with van der Waals surface area (Å²) in [5, 5.41) is 19.8. The highest BCUT2D eigenvalue weighted by Gasteiger charge is 2.27. The van der Waals surface area contributed by atoms with Gasteiger partial charge >= 0.3 is 7.12 Å². The second-order valence-corrected chi connectivity index (χ2v) is 7.35. The van der Waals surface area contributed by atoms with Crippen LogP contribution in [0.1, 0.15) is 56.2 Å². The van der Waals surface area contributed by atoms with Crippen molar-refractivity contribution in [3.05, 3.63) is 58.2 Å². The van der Waals surface area contributed by atoms with Gasteiger partial charge in [0.2, 0.25) is 0 Å². The number of phenols is 1. The third kappa shape index (κ3) is 5.36. The first kappa shape index (κ1) is 20.5. The van der Waals surface area contributed by atoms with Crippen molar-refractivity contribution in [3.8, 4) is 5.75 Å². The van der Waals surface area contributed by atoms with Gasteiger partial charge in [-0.15, -0.1) is 0 Å². The van der Waals surface area contributed by atoms with Crippen molar-refractivity contribution in [1.29, 1.82) is 0 Å². The zero-order valence-electron chi connectivity index (χ0n) is 16.5. The van der Waals surface area contributed by atoms with Crippen LogP contribution in [0.25, 0.3) is 6.08 Å². The summed E-state index contributed by atoms with van der Waals surface area (Å²) in [6, 6.07) is 4.05. The second kappa shape index (κ2) is 9.25. The number of hydrogen-bond acceptors (Lipinski definition) is 3. The molecule has 1 unspecified atom stereocenters. The summed E-state index contributed by atoms with van der Waals surface area (Å²) in [7, 11) is -0.718. The Morgan fingerprint density at radius 2 is 1.96 bits per heavy atom. The third-order valence-electron chi connectivity index (χ3n) is 4.88. The molecule has 1 aromatic carbocycles. The summed E-state index contributed by atoms with van der Waals surface area (Å²) in [6.07, 6.45) is 8.57. The van der Waals surface area contributed by atoms with Crippen LogP contribution in [0.4, 0.5) is 0 Å². The fraction of sp³-hybridized carbons (Fsp3) is 0.455. The zero-order valence-corrected chi connectivity index (χ0v) is 16.5. The summed E-state index contributed by atoms with van der Waals surface area (Å²) >= 11 is 0. The average Bonchev–Trinajstić information content (AvgIpc) is 2.57. The number of aryl methyl sites for hydroxylation is 2. The number of aromatic hydroxyl groups is 1. The maximum absolute atomic E-state index is 9.97. The van der Waals surface area contributed by atoms with Gasteiger partial charge in [-0.1, -0.05) is 43.2 Å². The molecule has 140 valence electrons. The van der Waals surface area contributed by atoms with Gasteiger partial charge in [-0.2, -0.15) is 0 Å². The minimum Gasteiger partial charge on any atom is -0.507 e. The molecule has 2 N–H and O–H groups in total. The predicted molar refractivity (Wildman–Crippen MR) is 110 cm³/mol. The molecule has 0 radical (unpaired) electrons. The van der Waals surface area contributed by atoms with E-state index in [9.17, 15) is 10.1 Å². The number of phenolic OH excluding ortho intramolecular Hbond substituents is 1. The van der Waals surface area contributed by atoms with Crippen molar-refractivity contribution in [2.24, 2.45) is 0 Å². The molecule has 4 heteroatoms. The lowest BCUT2D eigenvalue weighted by atomic mass is 9.78. The van der Waals surface area contributed by atoms with Gasteiger partial charge in [0, 0.05) is 6.32 Å². The molecule has 26 heavy (non-hydrogen) atoms. The summed E-state index contributed by atoms with van der Waals surface area (Å²) in [6.45, 7) is 12.1. The van der Waals surface area contributed by atoms with Crippen LogP contribution in [0.5, 0.6) is 5.75 Å². The molecule has 0 saturated heterocycles. The van der Waals surface area contributed by atoms with Crippen molar-refractivity contribution in [1.82, 2.24) is 0 Å². The van der Waals surface area contributed by atoms with E-state index in [4.69, 9.17) is 4.65 Å². The third-order valence-corrected chi connectivity index (χ3v) is 4.88. The van der Waals surface area contributed by atoms with Gasteiger partial charge in [-0.3, -0.25) is 0 Å². The van der Waals surface area contributed by atoms with Crippen LogP contribution >= 0.6 is 0 Å². The Morgan fingerprint density at radius 1 is 1.31 bits per heavy atom. The lowest BCUT2D eigenvalue weighted by Crippen LogP contribution is -2.31. The van der Waals surface area contributed by atoms with Gasteiger partial charge in [0.1, 0.15) is 5.75 Å². The maximum atomic E-state index is 9.97. The number of benzene rings is 1. The fourth-order valence-electron chi connectivity index (χ4n) is 3.57. The normalized spacial score (nSPS) is 18.0. The maximum Gasteiger partial charge on any atom is 0.458 e. The first-order valence-electron chi connectivity index (χ1n) is 9.51. The Labute approximate surface area is 158 Å². The van der Waals surface area contributed by atoms with Crippen LogP contribution in [0, 0.1) is 13.8 Å². The highest BCUT2D eigenvalue weighted by atomic mass is 16.5. The molecule has 2 rings (SSSR count). The minimum absolute atomic E-state index is 0.0974. The molecule has 0 bridgehead atoms. The van der Waals surface area contributed by atoms with Crippen molar-refractivity contribution < 1.29 is 14.8 Å². The molecular formula is C22H31BO3. The van der Waals surface area contributed by atoms with E-state index in [-0.39, 0.29) is 6.10 Å². The molecule has 1 aliphatic rings. The largest absolute Gasteiger partial charge is 0.507 e. The van der Waals surface area contributed by atoms with Gasteiger partial charge in [0.05, 0.1) is 6.10 Å². The van der Waals surface area contributed by atoms with E-state index in [0.717, 1.165) is 53.5 Å². The molecule has 3 nitrogen and oxygen atoms in total. The standard InChI is InChI=1S/C22H31BO3/c1-6-7-18(14-19-12-16(4)22(24)17(5)13-19)8-9-21-20(15(2)3)10-11-23(25)26-21/h10,12-14,21,24-25H,2,6-9,11H2,1,3-5H3/b18-14+. The Kier molecular flexibility index (Phi) is 7.30. The Hall–Kier alpha value is -1.78. The lowest BCUT2D eigenvalue weighted by Gasteiger charge is -2.27. The first-order valence-corrected chi connectivity index (χ1v) is 9.51. The van der Waals surface area contributed by atoms with E-state index in [0.29, 0.717) is 12.1 Å². The lowest BCUT2D eigenvalue weighted by molar-refractivity contribution is 0.183. The first-order chi connectivity index (χ1) is 12.3. The molecule has 1 aliphatic heterocycles. The molecule has 0 spiro atoms. The Morgan fingerprint density at radius 3 is 2.54 bits per heavy atom. The van der Waals surface area contributed by atoms with Crippen molar-refractivity contribution >= 4 is 13.2 Å². The zero-order chi connectivity index (χ0) is 19.3. The van der Waals surface area contributed by atoms with Crippen molar-refractivity contribution in [2.45, 2.75) is 65.8 Å². The van der Waals surface area contributed by atoms with Crippen LogP contribution in [-0.2, 0) is 4.65 Å². The van der Waals surface area contributed by atoms with Gasteiger partial charge in [-0.25, -0.2) is 0 Å². The SMILES string of the molecule is C=C(C)C1=CCB(O)OC1CC/C(=C/c1cc(C)c(O)c(C)c1)CCC. The molecule has 0 fully saturated rings. The van der Waals surface area contributed by atoms with Crippen LogP contribution in [0.3, 0.4) is 0 Å². The van der Waals surface area contributed by atoms with Crippen molar-refractivity contribution in [3.63, 3.8) is 0 Å². The highest BCUT2D eigenvalue weighted by Crippen LogP contribution is 2.29. The summed E-state index contributed by atoms with van der Waals surface area (Å²) < 4.78 is 5.76. The highest BCUT2D eigenvalue weighted by molar-refractivity contribution is 6.43. The molecule has 0 aliphatic carbocycles. The van der Waals surface area contributed by atoms with Gasteiger partial charge in [-0.05, 0) is 74.4 Å². The summed E-state index contributed by atoms with van der Waals surface area (Å²) in [5.41, 5.74) is 6.41. The molecule has 1 aromatic rings. The van der Waals surface area contributed by atoms with Crippen molar-refractivity contribution in [2.75, 3.05) is 0 Å². The van der Waals surface area contributed by atoms with Crippen LogP contribution in [-0.4, -0.2) is 23.4 Å². The molecule has 1 heterocycles. The quantitative estimate of drug-likeness (QED) is 0.649. The van der Waals surface area contributed by atoms with Crippen LogP contribution in [0.2, 0.25) is 6.32 Å². The molecule has 0 amide bonds. The molecule has 0 saturated carbocycles. The molecule has 0 aromatic heterocycles. The predicted octanol–water partition coefficient (Wildman–Crippen LogP) is 5.35. The number of hydrogen-bond donors (Lipinski definition) is 2. The van der Waals surface area contributed by atoms with E-state index in [1.165, 1.54) is 5.57 Å². The second-order valence-electron chi connectivity index (χ2n) is 7.35. The monoisotopic (exact) mass is 354 g/mol. The molecular weight excluding hydrogens is 323 g/mol. The van der Waals surface area contributed by atoms with E-state index < -0.39 is 7.12 Å². The smallest absolute Gasteiger partial charge is 0.458 e. The van der Waals surface area contributed by atoms with E-state index in [2.05, 4.69) is 25.7 Å². The van der Waals surface area contributed by atoms with E-state index in [1.807, 2.05) is 32.9 Å². The van der Waals surface area contributed by atoms with Crippen LogP contribution < -0.4 is 0 Å². The Balaban J connectivity index is 2.16. The topological polar surface area (TPSA) is 49.7 Å². The summed E-state index contributed by atoms with van der Waals surface area (Å²) in [5.74, 6) is 0.375.